The van der Waals surface area contributed by atoms with E-state index in [0.29, 0.717) is 5.56 Å². The first-order valence-corrected chi connectivity index (χ1v) is 7.71. The van der Waals surface area contributed by atoms with Gasteiger partial charge in [0.2, 0.25) is 0 Å². The van der Waals surface area contributed by atoms with Gasteiger partial charge in [-0.1, -0.05) is 18.2 Å². The maximum absolute atomic E-state index is 12.5. The molecule has 3 rings (SSSR count). The monoisotopic (exact) mass is 321 g/mol. The number of nitrogens with one attached hydrogen (secondary N) is 1. The molecule has 1 heterocycles. The van der Waals surface area contributed by atoms with Gasteiger partial charge in [-0.3, -0.25) is 4.79 Å². The number of amides is 1. The average molecular weight is 321 g/mol. The van der Waals surface area contributed by atoms with Gasteiger partial charge in [-0.25, -0.2) is 4.68 Å². The van der Waals surface area contributed by atoms with Crippen LogP contribution in [0.4, 0.5) is 5.69 Å². The summed E-state index contributed by atoms with van der Waals surface area (Å²) in [5, 5.41) is 7.11. The standard InChI is InChI=1S/C19H19N3O2/c1-14(24-2)15-6-3-8-17(12-15)21-19(23)16-7-4-9-18(13-16)22-11-5-10-20-22/h3-14H,1-2H3,(H,21,23)/t14-/m1/s1. The number of anilines is 1. The minimum atomic E-state index is -0.161. The number of benzene rings is 2. The zero-order valence-corrected chi connectivity index (χ0v) is 13.6. The van der Waals surface area contributed by atoms with E-state index in [4.69, 9.17) is 4.74 Å². The van der Waals surface area contributed by atoms with Gasteiger partial charge in [0.05, 0.1) is 11.8 Å². The number of rotatable bonds is 5. The van der Waals surface area contributed by atoms with Crippen molar-refractivity contribution in [3.63, 3.8) is 0 Å². The molecule has 3 aromatic rings. The molecule has 5 nitrogen and oxygen atoms in total. The van der Waals surface area contributed by atoms with Gasteiger partial charge in [-0.15, -0.1) is 0 Å². The first kappa shape index (κ1) is 16.0. The minimum absolute atomic E-state index is 0.0232. The smallest absolute Gasteiger partial charge is 0.255 e. The summed E-state index contributed by atoms with van der Waals surface area (Å²) in [6.45, 7) is 1.97. The van der Waals surface area contributed by atoms with Crippen molar-refractivity contribution < 1.29 is 9.53 Å². The predicted molar refractivity (Wildman–Crippen MR) is 93.4 cm³/mol. The van der Waals surface area contributed by atoms with E-state index in [1.807, 2.05) is 61.7 Å². The van der Waals surface area contributed by atoms with Crippen molar-refractivity contribution in [3.8, 4) is 5.69 Å². The SMILES string of the molecule is CO[C@H](C)c1cccc(NC(=O)c2cccc(-n3cccn3)c2)c1. The van der Waals surface area contributed by atoms with Crippen LogP contribution in [0.15, 0.2) is 67.0 Å². The minimum Gasteiger partial charge on any atom is -0.377 e. The maximum atomic E-state index is 12.5. The van der Waals surface area contributed by atoms with Crippen LogP contribution >= 0.6 is 0 Å². The van der Waals surface area contributed by atoms with E-state index >= 15 is 0 Å². The van der Waals surface area contributed by atoms with Gasteiger partial charge in [0.1, 0.15) is 0 Å². The van der Waals surface area contributed by atoms with E-state index in [1.165, 1.54) is 0 Å². The van der Waals surface area contributed by atoms with E-state index in [1.54, 1.807) is 24.1 Å². The van der Waals surface area contributed by atoms with Crippen molar-refractivity contribution in [2.45, 2.75) is 13.0 Å². The lowest BCUT2D eigenvalue weighted by Crippen LogP contribution is -2.12. The number of ether oxygens (including phenoxy) is 1. The molecule has 1 atom stereocenters. The van der Waals surface area contributed by atoms with Crippen LogP contribution in [0.25, 0.3) is 5.69 Å². The molecule has 0 fully saturated rings. The fraction of sp³-hybridized carbons (Fsp3) is 0.158. The maximum Gasteiger partial charge on any atom is 0.255 e. The van der Waals surface area contributed by atoms with Gasteiger partial charge >= 0.3 is 0 Å². The van der Waals surface area contributed by atoms with Crippen LogP contribution in [-0.2, 0) is 4.74 Å². The van der Waals surface area contributed by atoms with E-state index in [-0.39, 0.29) is 12.0 Å². The molecule has 1 amide bonds. The molecule has 0 radical (unpaired) electrons. The molecule has 1 N–H and O–H groups in total. The Kier molecular flexibility index (Phi) is 4.72. The summed E-state index contributed by atoms with van der Waals surface area (Å²) in [7, 11) is 1.66. The Balaban J connectivity index is 1.79. The van der Waals surface area contributed by atoms with Crippen molar-refractivity contribution in [2.24, 2.45) is 0 Å². The molecule has 0 bridgehead atoms. The third-order valence-corrected chi connectivity index (χ3v) is 3.84. The molecule has 0 aliphatic rings. The summed E-state index contributed by atoms with van der Waals surface area (Å²) in [5.41, 5.74) is 3.18. The van der Waals surface area contributed by atoms with Crippen molar-refractivity contribution in [1.82, 2.24) is 9.78 Å². The number of carbonyl (C=O) groups is 1. The Morgan fingerprint density at radius 3 is 2.75 bits per heavy atom. The van der Waals surface area contributed by atoms with Crippen LogP contribution in [0.5, 0.6) is 0 Å². The summed E-state index contributed by atoms with van der Waals surface area (Å²) in [6, 6.07) is 16.8. The van der Waals surface area contributed by atoms with Gasteiger partial charge in [-0.2, -0.15) is 5.10 Å². The molecule has 0 aliphatic heterocycles. The third kappa shape index (κ3) is 3.52. The number of methoxy groups -OCH3 is 1. The molecule has 24 heavy (non-hydrogen) atoms. The molecule has 122 valence electrons. The number of carbonyl (C=O) groups excluding carboxylic acids is 1. The zero-order valence-electron chi connectivity index (χ0n) is 13.6. The molecular formula is C19H19N3O2. The van der Waals surface area contributed by atoms with Crippen LogP contribution in [0.1, 0.15) is 28.9 Å². The topological polar surface area (TPSA) is 56.1 Å². The first-order chi connectivity index (χ1) is 11.7. The molecule has 0 saturated carbocycles. The molecule has 5 heteroatoms. The van der Waals surface area contributed by atoms with Crippen molar-refractivity contribution in [3.05, 3.63) is 78.1 Å². The van der Waals surface area contributed by atoms with E-state index < -0.39 is 0 Å². The molecule has 0 spiro atoms. The Morgan fingerprint density at radius 1 is 1.17 bits per heavy atom. The van der Waals surface area contributed by atoms with Gasteiger partial charge < -0.3 is 10.1 Å². The summed E-state index contributed by atoms with van der Waals surface area (Å²) in [4.78, 5) is 12.5. The molecule has 0 saturated heterocycles. The first-order valence-electron chi connectivity index (χ1n) is 7.71. The number of nitrogens with zero attached hydrogens (tertiary/aromatic N) is 2. The summed E-state index contributed by atoms with van der Waals surface area (Å²) < 4.78 is 7.04. The quantitative estimate of drug-likeness (QED) is 0.777. The van der Waals surface area contributed by atoms with Crippen LogP contribution in [-0.4, -0.2) is 22.8 Å². The molecule has 0 unspecified atom stereocenters. The van der Waals surface area contributed by atoms with Crippen LogP contribution < -0.4 is 5.32 Å². The highest BCUT2D eigenvalue weighted by Crippen LogP contribution is 2.20. The second kappa shape index (κ2) is 7.10. The van der Waals surface area contributed by atoms with Gasteiger partial charge in [0.15, 0.2) is 0 Å². The normalized spacial score (nSPS) is 11.9. The lowest BCUT2D eigenvalue weighted by molar-refractivity contribution is 0.102. The molecule has 0 aliphatic carbocycles. The Labute approximate surface area is 140 Å². The van der Waals surface area contributed by atoms with Crippen LogP contribution in [0, 0.1) is 0 Å². The van der Waals surface area contributed by atoms with Gasteiger partial charge in [0.25, 0.3) is 5.91 Å². The highest BCUT2D eigenvalue weighted by atomic mass is 16.5. The number of hydrogen-bond donors (Lipinski definition) is 1. The molecular weight excluding hydrogens is 302 g/mol. The Morgan fingerprint density at radius 2 is 2.00 bits per heavy atom. The summed E-state index contributed by atoms with van der Waals surface area (Å²) in [5.74, 6) is -0.161. The van der Waals surface area contributed by atoms with Crippen LogP contribution in [0.2, 0.25) is 0 Å². The van der Waals surface area contributed by atoms with Gasteiger partial charge in [0, 0.05) is 30.8 Å². The summed E-state index contributed by atoms with van der Waals surface area (Å²) >= 11 is 0. The zero-order chi connectivity index (χ0) is 16.9. The lowest BCUT2D eigenvalue weighted by atomic mass is 10.1. The highest BCUT2D eigenvalue weighted by molar-refractivity contribution is 6.04. The van der Waals surface area contributed by atoms with Crippen molar-refractivity contribution in [2.75, 3.05) is 12.4 Å². The average Bonchev–Trinajstić information content (AvgIpc) is 3.16. The van der Waals surface area contributed by atoms with Crippen molar-refractivity contribution in [1.29, 1.82) is 0 Å². The fourth-order valence-corrected chi connectivity index (χ4v) is 2.42. The van der Waals surface area contributed by atoms with E-state index in [9.17, 15) is 4.79 Å². The second-order valence-electron chi connectivity index (χ2n) is 5.46. The van der Waals surface area contributed by atoms with Gasteiger partial charge in [-0.05, 0) is 48.9 Å². The largest absolute Gasteiger partial charge is 0.377 e. The third-order valence-electron chi connectivity index (χ3n) is 3.84. The molecule has 1 aromatic heterocycles. The lowest BCUT2D eigenvalue weighted by Gasteiger charge is -2.12. The van der Waals surface area contributed by atoms with Crippen LogP contribution in [0.3, 0.4) is 0 Å². The Hall–Kier alpha value is -2.92. The van der Waals surface area contributed by atoms with Crippen molar-refractivity contribution >= 4 is 11.6 Å². The van der Waals surface area contributed by atoms with E-state index in [2.05, 4.69) is 10.4 Å². The number of aromatic nitrogens is 2. The second-order valence-corrected chi connectivity index (χ2v) is 5.46. The Bertz CT molecular complexity index is 828. The predicted octanol–water partition coefficient (Wildman–Crippen LogP) is 3.83. The highest BCUT2D eigenvalue weighted by Gasteiger charge is 2.09. The summed E-state index contributed by atoms with van der Waals surface area (Å²) in [6.07, 6.45) is 3.52. The fourth-order valence-electron chi connectivity index (χ4n) is 2.42. The molecule has 2 aromatic carbocycles. The number of hydrogen-bond acceptors (Lipinski definition) is 3. The van der Waals surface area contributed by atoms with E-state index in [0.717, 1.165) is 16.9 Å².